The molecule has 0 saturated carbocycles. The van der Waals surface area contributed by atoms with Crippen molar-refractivity contribution in [3.8, 4) is 0 Å². The van der Waals surface area contributed by atoms with Crippen LogP contribution in [0, 0.1) is 11.6 Å². The summed E-state index contributed by atoms with van der Waals surface area (Å²) in [7, 11) is 1.67. The Balaban J connectivity index is 0.00000208. The minimum Gasteiger partial charge on any atom is -0.340 e. The molecule has 0 aliphatic carbocycles. The normalized spacial score (nSPS) is 16.0. The molecular formula is C18H19ClF2N2O. The fourth-order valence-electron chi connectivity index (χ4n) is 2.88. The largest absolute Gasteiger partial charge is 0.340 e. The van der Waals surface area contributed by atoms with E-state index >= 15 is 0 Å². The molecule has 3 nitrogen and oxygen atoms in total. The Labute approximate surface area is 146 Å². The maximum Gasteiger partial charge on any atom is 0.240 e. The molecule has 1 amide bonds. The fourth-order valence-corrected chi connectivity index (χ4v) is 2.88. The summed E-state index contributed by atoms with van der Waals surface area (Å²) in [6, 6.07) is 11.4. The Kier molecular flexibility index (Phi) is 5.91. The molecule has 0 spiro atoms. The zero-order valence-electron chi connectivity index (χ0n) is 13.3. The number of amides is 1. The molecule has 1 unspecified atom stereocenters. The van der Waals surface area contributed by atoms with E-state index in [2.05, 4.69) is 5.32 Å². The van der Waals surface area contributed by atoms with Crippen LogP contribution in [0.2, 0.25) is 0 Å². The van der Waals surface area contributed by atoms with Gasteiger partial charge in [0, 0.05) is 20.1 Å². The number of fused-ring (bicyclic) bond motifs is 1. The van der Waals surface area contributed by atoms with E-state index in [9.17, 15) is 13.6 Å². The van der Waals surface area contributed by atoms with Crippen molar-refractivity contribution < 1.29 is 13.6 Å². The van der Waals surface area contributed by atoms with Crippen LogP contribution in [0.5, 0.6) is 0 Å². The molecule has 3 rings (SSSR count). The highest BCUT2D eigenvalue weighted by molar-refractivity contribution is 5.85. The van der Waals surface area contributed by atoms with Crippen molar-refractivity contribution >= 4 is 18.3 Å². The number of hydrogen-bond donors (Lipinski definition) is 1. The number of carbonyl (C=O) groups excluding carboxylic acids is 1. The van der Waals surface area contributed by atoms with Crippen molar-refractivity contribution in [2.75, 3.05) is 7.05 Å². The van der Waals surface area contributed by atoms with Crippen LogP contribution in [0.4, 0.5) is 8.78 Å². The molecule has 2 aromatic rings. The van der Waals surface area contributed by atoms with Gasteiger partial charge in [-0.15, -0.1) is 12.4 Å². The molecule has 24 heavy (non-hydrogen) atoms. The first-order chi connectivity index (χ1) is 11.0. The lowest BCUT2D eigenvalue weighted by molar-refractivity contribution is -0.132. The lowest BCUT2D eigenvalue weighted by atomic mass is 9.95. The summed E-state index contributed by atoms with van der Waals surface area (Å²) < 4.78 is 26.2. The van der Waals surface area contributed by atoms with Gasteiger partial charge in [-0.3, -0.25) is 4.79 Å². The monoisotopic (exact) mass is 352 g/mol. The van der Waals surface area contributed by atoms with Crippen molar-refractivity contribution in [1.82, 2.24) is 10.2 Å². The third kappa shape index (κ3) is 3.91. The third-order valence-corrected chi connectivity index (χ3v) is 4.16. The molecular weight excluding hydrogens is 334 g/mol. The zero-order valence-corrected chi connectivity index (χ0v) is 14.1. The van der Waals surface area contributed by atoms with Gasteiger partial charge in [-0.1, -0.05) is 30.3 Å². The number of carbonyl (C=O) groups is 1. The van der Waals surface area contributed by atoms with Crippen LogP contribution in [-0.4, -0.2) is 23.9 Å². The Hall–Kier alpha value is -1.98. The molecule has 0 radical (unpaired) electrons. The van der Waals surface area contributed by atoms with Crippen LogP contribution in [0.15, 0.2) is 42.5 Å². The van der Waals surface area contributed by atoms with Gasteiger partial charge in [0.2, 0.25) is 5.91 Å². The van der Waals surface area contributed by atoms with Crippen LogP contribution in [0.3, 0.4) is 0 Å². The molecule has 1 atom stereocenters. The summed E-state index contributed by atoms with van der Waals surface area (Å²) in [5, 5.41) is 3.24. The molecule has 0 bridgehead atoms. The number of rotatable bonds is 3. The second-order valence-corrected chi connectivity index (χ2v) is 5.85. The molecule has 1 aliphatic heterocycles. The van der Waals surface area contributed by atoms with Crippen LogP contribution in [0.1, 0.15) is 16.7 Å². The predicted molar refractivity (Wildman–Crippen MR) is 90.9 cm³/mol. The highest BCUT2D eigenvalue weighted by Crippen LogP contribution is 2.18. The lowest BCUT2D eigenvalue weighted by Gasteiger charge is -2.29. The highest BCUT2D eigenvalue weighted by Gasteiger charge is 2.26. The second kappa shape index (κ2) is 7.73. The minimum absolute atomic E-state index is 0. The Morgan fingerprint density at radius 1 is 1.17 bits per heavy atom. The van der Waals surface area contributed by atoms with Crippen molar-refractivity contribution in [2.24, 2.45) is 0 Å². The van der Waals surface area contributed by atoms with E-state index in [0.29, 0.717) is 18.5 Å². The number of likely N-dealkylation sites (N-methyl/N-ethyl adjacent to an activating group) is 1. The van der Waals surface area contributed by atoms with E-state index in [0.717, 1.165) is 12.1 Å². The molecule has 0 fully saturated rings. The van der Waals surface area contributed by atoms with Crippen molar-refractivity contribution in [3.63, 3.8) is 0 Å². The number of hydrogen-bond acceptors (Lipinski definition) is 2. The SMILES string of the molecule is CN(Cc1ccc(F)c(F)c1)C(=O)C1Cc2ccccc2CN1.Cl. The Morgan fingerprint density at radius 2 is 1.88 bits per heavy atom. The van der Waals surface area contributed by atoms with E-state index in [1.54, 1.807) is 7.05 Å². The van der Waals surface area contributed by atoms with Crippen molar-refractivity contribution in [2.45, 2.75) is 25.6 Å². The molecule has 1 aliphatic rings. The average Bonchev–Trinajstić information content (AvgIpc) is 2.57. The number of nitrogens with one attached hydrogen (secondary N) is 1. The second-order valence-electron chi connectivity index (χ2n) is 5.85. The topological polar surface area (TPSA) is 32.3 Å². The van der Waals surface area contributed by atoms with Crippen molar-refractivity contribution in [1.29, 1.82) is 0 Å². The van der Waals surface area contributed by atoms with E-state index in [4.69, 9.17) is 0 Å². The van der Waals surface area contributed by atoms with Crippen LogP contribution >= 0.6 is 12.4 Å². The lowest BCUT2D eigenvalue weighted by Crippen LogP contribution is -2.48. The number of halogens is 3. The third-order valence-electron chi connectivity index (χ3n) is 4.16. The van der Waals surface area contributed by atoms with Gasteiger partial charge >= 0.3 is 0 Å². The number of nitrogens with zero attached hydrogens (tertiary/aromatic N) is 1. The molecule has 2 aromatic carbocycles. The smallest absolute Gasteiger partial charge is 0.240 e. The maximum absolute atomic E-state index is 13.3. The van der Waals surface area contributed by atoms with Gasteiger partial charge in [0.05, 0.1) is 6.04 Å². The zero-order chi connectivity index (χ0) is 16.4. The highest BCUT2D eigenvalue weighted by atomic mass is 35.5. The van der Waals surface area contributed by atoms with Gasteiger partial charge in [-0.25, -0.2) is 8.78 Å². The van der Waals surface area contributed by atoms with Crippen LogP contribution in [-0.2, 0) is 24.3 Å². The van der Waals surface area contributed by atoms with Gasteiger partial charge in [-0.2, -0.15) is 0 Å². The summed E-state index contributed by atoms with van der Waals surface area (Å²) in [5.74, 6) is -1.83. The van der Waals surface area contributed by atoms with Gasteiger partial charge in [0.15, 0.2) is 11.6 Å². The van der Waals surface area contributed by atoms with E-state index in [-0.39, 0.29) is 30.9 Å². The van der Waals surface area contributed by atoms with Gasteiger partial charge in [0.25, 0.3) is 0 Å². The number of benzene rings is 2. The summed E-state index contributed by atoms with van der Waals surface area (Å²) in [6.07, 6.45) is 0.636. The van der Waals surface area contributed by atoms with E-state index in [1.807, 2.05) is 24.3 Å². The molecule has 1 N–H and O–H groups in total. The maximum atomic E-state index is 13.3. The van der Waals surface area contributed by atoms with E-state index < -0.39 is 11.6 Å². The molecule has 1 heterocycles. The molecule has 6 heteroatoms. The summed E-state index contributed by atoms with van der Waals surface area (Å²) in [5.41, 5.74) is 2.95. The Bertz CT molecular complexity index is 739. The quantitative estimate of drug-likeness (QED) is 0.920. The Morgan fingerprint density at radius 3 is 2.58 bits per heavy atom. The van der Waals surface area contributed by atoms with Crippen molar-refractivity contribution in [3.05, 3.63) is 70.8 Å². The minimum atomic E-state index is -0.895. The first kappa shape index (κ1) is 18.4. The first-order valence-electron chi connectivity index (χ1n) is 7.53. The average molecular weight is 353 g/mol. The van der Waals surface area contributed by atoms with Crippen LogP contribution < -0.4 is 5.32 Å². The molecule has 0 saturated heterocycles. The molecule has 0 aromatic heterocycles. The van der Waals surface area contributed by atoms with Crippen LogP contribution in [0.25, 0.3) is 0 Å². The summed E-state index contributed by atoms with van der Waals surface area (Å²) in [6.45, 7) is 0.904. The first-order valence-corrected chi connectivity index (χ1v) is 7.53. The summed E-state index contributed by atoms with van der Waals surface area (Å²) >= 11 is 0. The molecule has 128 valence electrons. The van der Waals surface area contributed by atoms with Gasteiger partial charge in [0.1, 0.15) is 0 Å². The standard InChI is InChI=1S/C18H18F2N2O.ClH/c1-22(11-12-6-7-15(19)16(20)8-12)18(23)17-9-13-4-2-3-5-14(13)10-21-17;/h2-8,17,21H,9-11H2,1H3;1H. The van der Waals surface area contributed by atoms with E-state index in [1.165, 1.54) is 22.1 Å². The summed E-state index contributed by atoms with van der Waals surface area (Å²) in [4.78, 5) is 14.1. The van der Waals surface area contributed by atoms with Gasteiger partial charge < -0.3 is 10.2 Å². The fraction of sp³-hybridized carbons (Fsp3) is 0.278. The predicted octanol–water partition coefficient (Wildman–Crippen LogP) is 3.06. The van der Waals surface area contributed by atoms with Gasteiger partial charge in [-0.05, 0) is 35.2 Å².